The lowest BCUT2D eigenvalue weighted by atomic mass is 10.1. The zero-order valence-corrected chi connectivity index (χ0v) is 14.6. The number of hydrogen-bond donors (Lipinski definition) is 1. The number of amides is 1. The second-order valence-corrected chi connectivity index (χ2v) is 6.48. The maximum atomic E-state index is 12.9. The predicted octanol–water partition coefficient (Wildman–Crippen LogP) is 5.28. The maximum absolute atomic E-state index is 12.9. The summed E-state index contributed by atoms with van der Waals surface area (Å²) in [6, 6.07) is 15.5. The van der Waals surface area contributed by atoms with Gasteiger partial charge in [-0.05, 0) is 59.8 Å². The fourth-order valence-corrected chi connectivity index (χ4v) is 3.08. The Morgan fingerprint density at radius 3 is 2.48 bits per heavy atom. The van der Waals surface area contributed by atoms with Crippen molar-refractivity contribution in [2.75, 3.05) is 5.32 Å². The number of hydrogen-bond acceptors (Lipinski definition) is 3. The molecule has 0 saturated heterocycles. The molecule has 25 heavy (non-hydrogen) atoms. The van der Waals surface area contributed by atoms with Crippen molar-refractivity contribution in [3.63, 3.8) is 0 Å². The van der Waals surface area contributed by atoms with Gasteiger partial charge in [0, 0.05) is 11.3 Å². The summed E-state index contributed by atoms with van der Waals surface area (Å²) >= 11 is 1.37. The third kappa shape index (κ3) is 4.67. The van der Waals surface area contributed by atoms with Gasteiger partial charge in [0.15, 0.2) is 0 Å². The van der Waals surface area contributed by atoms with E-state index >= 15 is 0 Å². The smallest absolute Gasteiger partial charge is 0.265 e. The number of anilines is 1. The first-order valence-corrected chi connectivity index (χ1v) is 8.88. The molecule has 0 saturated carbocycles. The highest BCUT2D eigenvalue weighted by molar-refractivity contribution is 7.12. The number of ether oxygens (including phenoxy) is 1. The molecule has 2 aromatic carbocycles. The Kier molecular flexibility index (Phi) is 5.46. The third-order valence-corrected chi connectivity index (χ3v) is 4.69. The van der Waals surface area contributed by atoms with Crippen LogP contribution in [0.1, 0.15) is 27.7 Å². The van der Waals surface area contributed by atoms with Gasteiger partial charge in [-0.15, -0.1) is 11.3 Å². The van der Waals surface area contributed by atoms with Crippen LogP contribution in [0.4, 0.5) is 10.1 Å². The van der Waals surface area contributed by atoms with Gasteiger partial charge in [-0.2, -0.15) is 0 Å². The van der Waals surface area contributed by atoms with Crippen LogP contribution in [0.25, 0.3) is 0 Å². The van der Waals surface area contributed by atoms with Crippen molar-refractivity contribution in [3.05, 3.63) is 81.8 Å². The number of nitrogens with one attached hydrogen (secondary N) is 1. The van der Waals surface area contributed by atoms with Crippen LogP contribution >= 0.6 is 11.3 Å². The van der Waals surface area contributed by atoms with E-state index in [1.165, 1.54) is 29.0 Å². The van der Waals surface area contributed by atoms with Crippen molar-refractivity contribution >= 4 is 22.9 Å². The maximum Gasteiger partial charge on any atom is 0.265 e. The molecule has 0 fully saturated rings. The summed E-state index contributed by atoms with van der Waals surface area (Å²) in [5, 5.41) is 4.78. The number of aryl methyl sites for hydroxylation is 1. The van der Waals surface area contributed by atoms with Gasteiger partial charge in [0.1, 0.15) is 18.2 Å². The Labute approximate surface area is 150 Å². The second-order valence-electron chi connectivity index (χ2n) is 5.57. The summed E-state index contributed by atoms with van der Waals surface area (Å²) in [6.07, 6.45) is 0.969. The molecular formula is C20H18FNO2S. The topological polar surface area (TPSA) is 38.3 Å². The minimum absolute atomic E-state index is 0.137. The van der Waals surface area contributed by atoms with Crippen LogP contribution in [-0.4, -0.2) is 5.91 Å². The quantitative estimate of drug-likeness (QED) is 0.653. The summed E-state index contributed by atoms with van der Waals surface area (Å²) in [5.41, 5.74) is 2.91. The zero-order valence-electron chi connectivity index (χ0n) is 13.8. The molecule has 1 amide bonds. The van der Waals surface area contributed by atoms with Crippen molar-refractivity contribution in [2.45, 2.75) is 20.0 Å². The first-order valence-electron chi connectivity index (χ1n) is 8.00. The summed E-state index contributed by atoms with van der Waals surface area (Å²) in [7, 11) is 0. The number of carbonyl (C=O) groups excluding carboxylic acids is 1. The fourth-order valence-electron chi connectivity index (χ4n) is 2.28. The molecule has 3 rings (SSSR count). The molecule has 5 heteroatoms. The Morgan fingerprint density at radius 2 is 1.80 bits per heavy atom. The Balaban J connectivity index is 1.58. The molecule has 128 valence electrons. The Hall–Kier alpha value is -2.66. The molecule has 0 bridgehead atoms. The molecule has 0 atom stereocenters. The van der Waals surface area contributed by atoms with Crippen LogP contribution in [0.3, 0.4) is 0 Å². The van der Waals surface area contributed by atoms with E-state index in [4.69, 9.17) is 4.74 Å². The number of benzene rings is 2. The van der Waals surface area contributed by atoms with Gasteiger partial charge in [-0.25, -0.2) is 4.39 Å². The molecule has 0 radical (unpaired) electrons. The molecule has 0 aliphatic heterocycles. The molecule has 3 nitrogen and oxygen atoms in total. The first kappa shape index (κ1) is 17.2. The Bertz CT molecular complexity index is 841. The van der Waals surface area contributed by atoms with Crippen molar-refractivity contribution in [3.8, 4) is 5.75 Å². The molecule has 1 aromatic heterocycles. The standard InChI is InChI=1S/C20H18FNO2S/c1-2-14-3-7-17(8-4-14)22-20(23)19-11-15(13-25-19)12-24-18-9-5-16(21)6-10-18/h3-11,13H,2,12H2,1H3,(H,22,23). The van der Waals surface area contributed by atoms with Crippen LogP contribution in [0.2, 0.25) is 0 Å². The number of carbonyl (C=O) groups is 1. The average Bonchev–Trinajstić information content (AvgIpc) is 3.11. The monoisotopic (exact) mass is 355 g/mol. The van der Waals surface area contributed by atoms with E-state index in [1.807, 2.05) is 35.7 Å². The van der Waals surface area contributed by atoms with Crippen molar-refractivity contribution < 1.29 is 13.9 Å². The van der Waals surface area contributed by atoms with Crippen LogP contribution in [0.5, 0.6) is 5.75 Å². The van der Waals surface area contributed by atoms with Gasteiger partial charge in [-0.3, -0.25) is 4.79 Å². The van der Waals surface area contributed by atoms with E-state index in [-0.39, 0.29) is 11.7 Å². The second kappa shape index (κ2) is 7.94. The van der Waals surface area contributed by atoms with E-state index in [0.717, 1.165) is 17.7 Å². The number of thiophene rings is 1. The lowest BCUT2D eigenvalue weighted by Gasteiger charge is -2.05. The normalized spacial score (nSPS) is 10.5. The van der Waals surface area contributed by atoms with Gasteiger partial charge in [0.25, 0.3) is 5.91 Å². The van der Waals surface area contributed by atoms with Crippen molar-refractivity contribution in [1.82, 2.24) is 0 Å². The molecule has 0 aliphatic rings. The lowest BCUT2D eigenvalue weighted by molar-refractivity contribution is 0.103. The summed E-state index contributed by atoms with van der Waals surface area (Å²) < 4.78 is 18.5. The van der Waals surface area contributed by atoms with Crippen LogP contribution in [0.15, 0.2) is 60.0 Å². The molecule has 3 aromatic rings. The highest BCUT2D eigenvalue weighted by atomic mass is 32.1. The summed E-state index contributed by atoms with van der Waals surface area (Å²) in [6.45, 7) is 2.43. The number of rotatable bonds is 6. The van der Waals surface area contributed by atoms with Crippen molar-refractivity contribution in [2.24, 2.45) is 0 Å². The largest absolute Gasteiger partial charge is 0.489 e. The van der Waals surface area contributed by atoms with Gasteiger partial charge in [-0.1, -0.05) is 19.1 Å². The van der Waals surface area contributed by atoms with E-state index in [2.05, 4.69) is 12.2 Å². The molecule has 0 spiro atoms. The van der Waals surface area contributed by atoms with Gasteiger partial charge in [0.05, 0.1) is 4.88 Å². The van der Waals surface area contributed by atoms with Crippen LogP contribution in [-0.2, 0) is 13.0 Å². The van der Waals surface area contributed by atoms with E-state index in [9.17, 15) is 9.18 Å². The fraction of sp³-hybridized carbons (Fsp3) is 0.150. The molecule has 1 N–H and O–H groups in total. The zero-order chi connectivity index (χ0) is 17.6. The SMILES string of the molecule is CCc1ccc(NC(=O)c2cc(COc3ccc(F)cc3)cs2)cc1. The number of halogens is 1. The highest BCUT2D eigenvalue weighted by Gasteiger charge is 2.10. The van der Waals surface area contributed by atoms with Crippen LogP contribution < -0.4 is 10.1 Å². The lowest BCUT2D eigenvalue weighted by Crippen LogP contribution is -2.10. The van der Waals surface area contributed by atoms with Crippen molar-refractivity contribution in [1.29, 1.82) is 0 Å². The summed E-state index contributed by atoms with van der Waals surface area (Å²) in [5.74, 6) is 0.158. The van der Waals surface area contributed by atoms with E-state index < -0.39 is 0 Å². The van der Waals surface area contributed by atoms with Gasteiger partial charge < -0.3 is 10.1 Å². The Morgan fingerprint density at radius 1 is 1.08 bits per heavy atom. The van der Waals surface area contributed by atoms with Gasteiger partial charge >= 0.3 is 0 Å². The van der Waals surface area contributed by atoms with Gasteiger partial charge in [0.2, 0.25) is 0 Å². The predicted molar refractivity (Wildman–Crippen MR) is 98.8 cm³/mol. The first-order chi connectivity index (χ1) is 12.1. The minimum atomic E-state index is -0.297. The average molecular weight is 355 g/mol. The molecule has 1 heterocycles. The third-order valence-electron chi connectivity index (χ3n) is 3.72. The van der Waals surface area contributed by atoms with Crippen LogP contribution in [0, 0.1) is 5.82 Å². The minimum Gasteiger partial charge on any atom is -0.489 e. The highest BCUT2D eigenvalue weighted by Crippen LogP contribution is 2.20. The van der Waals surface area contributed by atoms with E-state index in [0.29, 0.717) is 17.2 Å². The van der Waals surface area contributed by atoms with E-state index in [1.54, 1.807) is 12.1 Å². The molecular weight excluding hydrogens is 337 g/mol. The molecule has 0 aliphatic carbocycles. The summed E-state index contributed by atoms with van der Waals surface area (Å²) in [4.78, 5) is 12.9. The molecule has 0 unspecified atom stereocenters.